The molecule has 1 fully saturated rings. The van der Waals surface area contributed by atoms with Crippen molar-refractivity contribution in [3.63, 3.8) is 0 Å². The Morgan fingerprint density at radius 3 is 2.88 bits per heavy atom. The zero-order chi connectivity index (χ0) is 18.9. The minimum atomic E-state index is -0.475. The predicted molar refractivity (Wildman–Crippen MR) is 105 cm³/mol. The van der Waals surface area contributed by atoms with E-state index in [0.29, 0.717) is 6.54 Å². The Morgan fingerprint density at radius 1 is 1.42 bits per heavy atom. The first-order valence-electron chi connectivity index (χ1n) is 9.55. The summed E-state index contributed by atoms with van der Waals surface area (Å²) in [5, 5.41) is 1.25. The van der Waals surface area contributed by atoms with Crippen molar-refractivity contribution in [2.75, 3.05) is 13.1 Å². The second kappa shape index (κ2) is 7.31. The van der Waals surface area contributed by atoms with Crippen molar-refractivity contribution >= 4 is 17.0 Å². The number of fused-ring (bicyclic) bond motifs is 1. The number of benzene rings is 1. The summed E-state index contributed by atoms with van der Waals surface area (Å²) < 4.78 is 5.61. The average molecular weight is 357 g/mol. The Labute approximate surface area is 155 Å². The Kier molecular flexibility index (Phi) is 5.28. The molecule has 3 rings (SSSR count). The number of hydrogen-bond donors (Lipinski definition) is 2. The van der Waals surface area contributed by atoms with E-state index in [1.54, 1.807) is 0 Å². The van der Waals surface area contributed by atoms with Crippen LogP contribution < -0.4 is 5.73 Å². The van der Waals surface area contributed by atoms with Gasteiger partial charge >= 0.3 is 6.09 Å². The molecule has 2 unspecified atom stereocenters. The fourth-order valence-electron chi connectivity index (χ4n) is 3.96. The van der Waals surface area contributed by atoms with Crippen LogP contribution in [0.25, 0.3) is 10.9 Å². The van der Waals surface area contributed by atoms with Gasteiger partial charge in [0.1, 0.15) is 5.60 Å². The van der Waals surface area contributed by atoms with Crippen molar-refractivity contribution in [1.29, 1.82) is 0 Å². The first-order chi connectivity index (χ1) is 12.3. The van der Waals surface area contributed by atoms with Gasteiger partial charge in [-0.15, -0.1) is 0 Å². The fourth-order valence-corrected chi connectivity index (χ4v) is 3.96. The van der Waals surface area contributed by atoms with Gasteiger partial charge in [-0.3, -0.25) is 0 Å². The Bertz CT molecular complexity index is 775. The third kappa shape index (κ3) is 4.04. The lowest BCUT2D eigenvalue weighted by Crippen LogP contribution is -2.45. The third-order valence-corrected chi connectivity index (χ3v) is 5.18. The highest BCUT2D eigenvalue weighted by atomic mass is 16.6. The van der Waals surface area contributed by atoms with Crippen LogP contribution in [0, 0.1) is 12.8 Å². The van der Waals surface area contributed by atoms with Crippen LogP contribution in [0.3, 0.4) is 0 Å². The van der Waals surface area contributed by atoms with Gasteiger partial charge in [0.25, 0.3) is 0 Å². The minimum Gasteiger partial charge on any atom is -0.444 e. The normalized spacial score (nSPS) is 19.1. The molecule has 1 aromatic heterocycles. The molecule has 142 valence electrons. The number of nitrogens with zero attached hydrogens (tertiary/aromatic N) is 1. The molecule has 26 heavy (non-hydrogen) atoms. The molecule has 2 aromatic rings. The van der Waals surface area contributed by atoms with E-state index in [2.05, 4.69) is 36.3 Å². The summed E-state index contributed by atoms with van der Waals surface area (Å²) in [5.74, 6) is 0.227. The van der Waals surface area contributed by atoms with Crippen molar-refractivity contribution in [1.82, 2.24) is 9.88 Å². The summed E-state index contributed by atoms with van der Waals surface area (Å²) in [6, 6.07) is 6.62. The van der Waals surface area contributed by atoms with Gasteiger partial charge in [-0.25, -0.2) is 4.79 Å². The summed E-state index contributed by atoms with van der Waals surface area (Å²) in [6.45, 7) is 9.13. The number of rotatable bonds is 4. The summed E-state index contributed by atoms with van der Waals surface area (Å²) in [5.41, 5.74) is 9.34. The third-order valence-electron chi connectivity index (χ3n) is 5.18. The number of aromatic amines is 1. The van der Waals surface area contributed by atoms with Gasteiger partial charge < -0.3 is 20.4 Å². The number of aryl methyl sites for hydroxylation is 1. The molecule has 1 aliphatic heterocycles. The molecule has 1 aromatic carbocycles. The van der Waals surface area contributed by atoms with E-state index in [1.807, 2.05) is 25.7 Å². The van der Waals surface area contributed by atoms with Gasteiger partial charge in [0.15, 0.2) is 0 Å². The van der Waals surface area contributed by atoms with E-state index in [0.717, 1.165) is 31.3 Å². The number of carbonyl (C=O) groups excluding carboxylic acids is 1. The second-order valence-corrected chi connectivity index (χ2v) is 8.45. The van der Waals surface area contributed by atoms with Gasteiger partial charge in [0.2, 0.25) is 0 Å². The predicted octanol–water partition coefficient (Wildman–Crippen LogP) is 3.99. The summed E-state index contributed by atoms with van der Waals surface area (Å²) in [4.78, 5) is 17.9. The van der Waals surface area contributed by atoms with Crippen LogP contribution in [0.2, 0.25) is 0 Å². The van der Waals surface area contributed by atoms with Crippen molar-refractivity contribution in [3.05, 3.63) is 35.5 Å². The van der Waals surface area contributed by atoms with Gasteiger partial charge in [0.05, 0.1) is 0 Å². The molecule has 0 saturated carbocycles. The molecule has 0 aliphatic carbocycles. The van der Waals surface area contributed by atoms with Gasteiger partial charge in [0, 0.05) is 29.7 Å². The smallest absolute Gasteiger partial charge is 0.410 e. The molecule has 1 aliphatic rings. The van der Waals surface area contributed by atoms with Gasteiger partial charge in [-0.2, -0.15) is 0 Å². The number of H-pyrrole nitrogens is 1. The molecule has 0 bridgehead atoms. The van der Waals surface area contributed by atoms with Crippen LogP contribution in [0.15, 0.2) is 24.4 Å². The number of amides is 1. The van der Waals surface area contributed by atoms with Crippen LogP contribution in [-0.4, -0.2) is 40.7 Å². The first kappa shape index (κ1) is 18.8. The largest absolute Gasteiger partial charge is 0.444 e. The summed E-state index contributed by atoms with van der Waals surface area (Å²) in [6.07, 6.45) is 4.73. The number of nitrogens with two attached hydrogens (primary N) is 1. The maximum absolute atomic E-state index is 12.6. The summed E-state index contributed by atoms with van der Waals surface area (Å²) >= 11 is 0. The Morgan fingerprint density at radius 2 is 2.19 bits per heavy atom. The zero-order valence-electron chi connectivity index (χ0n) is 16.3. The minimum absolute atomic E-state index is 0.144. The summed E-state index contributed by atoms with van der Waals surface area (Å²) in [7, 11) is 0. The fraction of sp³-hybridized carbons (Fsp3) is 0.571. The molecule has 1 amide bonds. The number of ether oxygens (including phenoxy) is 1. The number of aromatic nitrogens is 1. The van der Waals surface area contributed by atoms with Crippen molar-refractivity contribution in [2.45, 2.75) is 58.6 Å². The van der Waals surface area contributed by atoms with Crippen LogP contribution >= 0.6 is 0 Å². The first-order valence-corrected chi connectivity index (χ1v) is 9.55. The van der Waals surface area contributed by atoms with E-state index >= 15 is 0 Å². The maximum Gasteiger partial charge on any atom is 0.410 e. The van der Waals surface area contributed by atoms with Crippen LogP contribution in [-0.2, 0) is 11.2 Å². The highest BCUT2D eigenvalue weighted by Crippen LogP contribution is 2.30. The quantitative estimate of drug-likeness (QED) is 0.869. The lowest BCUT2D eigenvalue weighted by Gasteiger charge is -2.32. The monoisotopic (exact) mass is 357 g/mol. The molecule has 0 spiro atoms. The van der Waals surface area contributed by atoms with Gasteiger partial charge in [-0.05, 0) is 76.6 Å². The van der Waals surface area contributed by atoms with E-state index in [9.17, 15) is 4.79 Å². The molecular weight excluding hydrogens is 326 g/mol. The molecule has 0 radical (unpaired) electrons. The number of hydrogen-bond acceptors (Lipinski definition) is 3. The number of carbonyl (C=O) groups is 1. The van der Waals surface area contributed by atoms with Crippen molar-refractivity contribution in [2.24, 2.45) is 11.7 Å². The standard InChI is InChI=1S/C21H31N3O2/c1-14-7-8-17-16(13-23-18(17)10-14)11-15(12-22)19-6-5-9-24(19)20(25)26-21(2,3)4/h7-8,10,13,15,19,23H,5-6,9,11-12,22H2,1-4H3. The van der Waals surface area contributed by atoms with Gasteiger partial charge in [-0.1, -0.05) is 12.1 Å². The van der Waals surface area contributed by atoms with E-state index in [-0.39, 0.29) is 18.1 Å². The molecule has 1 saturated heterocycles. The molecular formula is C21H31N3O2. The van der Waals surface area contributed by atoms with E-state index in [1.165, 1.54) is 16.5 Å². The number of nitrogens with one attached hydrogen (secondary N) is 1. The van der Waals surface area contributed by atoms with Crippen molar-refractivity contribution in [3.8, 4) is 0 Å². The lowest BCUT2D eigenvalue weighted by atomic mass is 9.90. The second-order valence-electron chi connectivity index (χ2n) is 8.45. The molecule has 2 heterocycles. The lowest BCUT2D eigenvalue weighted by molar-refractivity contribution is 0.0180. The van der Waals surface area contributed by atoms with E-state index in [4.69, 9.17) is 10.5 Å². The molecule has 5 nitrogen and oxygen atoms in total. The van der Waals surface area contributed by atoms with Crippen LogP contribution in [0.1, 0.15) is 44.7 Å². The highest BCUT2D eigenvalue weighted by molar-refractivity contribution is 5.83. The SMILES string of the molecule is Cc1ccc2c(CC(CN)C3CCCN3C(=O)OC(C)(C)C)c[nH]c2c1. The highest BCUT2D eigenvalue weighted by Gasteiger charge is 2.36. The Balaban J connectivity index is 1.77. The Hall–Kier alpha value is -2.01. The number of likely N-dealkylation sites (tertiary alicyclic amines) is 1. The average Bonchev–Trinajstić information content (AvgIpc) is 3.17. The van der Waals surface area contributed by atoms with Crippen LogP contribution in [0.4, 0.5) is 4.79 Å². The van der Waals surface area contributed by atoms with E-state index < -0.39 is 5.60 Å². The molecule has 5 heteroatoms. The molecule has 3 N–H and O–H groups in total. The van der Waals surface area contributed by atoms with Crippen LogP contribution in [0.5, 0.6) is 0 Å². The topological polar surface area (TPSA) is 71.3 Å². The molecule has 2 atom stereocenters. The maximum atomic E-state index is 12.6. The van der Waals surface area contributed by atoms with Crippen molar-refractivity contribution < 1.29 is 9.53 Å². The zero-order valence-corrected chi connectivity index (χ0v) is 16.3.